The van der Waals surface area contributed by atoms with Crippen molar-refractivity contribution in [1.29, 1.82) is 0 Å². The molecule has 0 aliphatic rings. The maximum Gasteiger partial charge on any atom is 0.180 e. The average molecular weight is 292 g/mol. The molecule has 0 spiro atoms. The molecule has 1 unspecified atom stereocenters. The van der Waals surface area contributed by atoms with Gasteiger partial charge in [0.05, 0.1) is 18.8 Å². The number of hydrogen-bond acceptors (Lipinski definition) is 4. The molecule has 0 amide bonds. The summed E-state index contributed by atoms with van der Waals surface area (Å²) in [5.74, 6) is 0.757. The molecule has 0 aromatic heterocycles. The fourth-order valence-electron chi connectivity index (χ4n) is 2.69. The molecular weight excluding hydrogens is 264 g/mol. The molecule has 2 N–H and O–H groups in total. The van der Waals surface area contributed by atoms with Gasteiger partial charge < -0.3 is 10.5 Å². The van der Waals surface area contributed by atoms with E-state index < -0.39 is 0 Å². The smallest absolute Gasteiger partial charge is 0.180 e. The lowest BCUT2D eigenvalue weighted by molar-refractivity contribution is 0.0810. The monoisotopic (exact) mass is 292 g/mol. The molecule has 0 aliphatic heterocycles. The summed E-state index contributed by atoms with van der Waals surface area (Å²) in [7, 11) is 1.58. The van der Waals surface area contributed by atoms with Crippen molar-refractivity contribution >= 4 is 11.5 Å². The quantitative estimate of drug-likeness (QED) is 0.560. The Morgan fingerprint density at radius 3 is 2.29 bits per heavy atom. The topological polar surface area (TPSA) is 55.6 Å². The second kappa shape index (κ2) is 8.67. The van der Waals surface area contributed by atoms with Crippen LogP contribution in [0.4, 0.5) is 5.69 Å². The number of anilines is 1. The van der Waals surface area contributed by atoms with Crippen molar-refractivity contribution in [2.24, 2.45) is 0 Å². The van der Waals surface area contributed by atoms with E-state index >= 15 is 0 Å². The van der Waals surface area contributed by atoms with E-state index in [1.807, 2.05) is 0 Å². The summed E-state index contributed by atoms with van der Waals surface area (Å²) in [4.78, 5) is 15.1. The lowest BCUT2D eigenvalue weighted by atomic mass is 9.99. The summed E-state index contributed by atoms with van der Waals surface area (Å²) in [5, 5.41) is 0. The Hall–Kier alpha value is -1.55. The number of benzene rings is 1. The van der Waals surface area contributed by atoms with Gasteiger partial charge in [-0.1, -0.05) is 20.8 Å². The van der Waals surface area contributed by atoms with Crippen LogP contribution in [0.2, 0.25) is 0 Å². The number of ether oxygens (including phenoxy) is 1. The first kappa shape index (κ1) is 17.5. The number of carbonyl (C=O) groups is 1. The maximum absolute atomic E-state index is 12.8. The van der Waals surface area contributed by atoms with Crippen LogP contribution in [0.15, 0.2) is 18.2 Å². The molecule has 4 heteroatoms. The van der Waals surface area contributed by atoms with E-state index in [0.29, 0.717) is 17.0 Å². The Bertz CT molecular complexity index is 454. The van der Waals surface area contributed by atoms with Crippen LogP contribution >= 0.6 is 0 Å². The van der Waals surface area contributed by atoms with Crippen LogP contribution in [0, 0.1) is 0 Å². The third-order valence-corrected chi connectivity index (χ3v) is 3.67. The van der Waals surface area contributed by atoms with Crippen molar-refractivity contribution in [3.8, 4) is 5.75 Å². The van der Waals surface area contributed by atoms with E-state index in [4.69, 9.17) is 10.5 Å². The molecular formula is C17H28N2O2. The molecule has 118 valence electrons. The first-order valence-electron chi connectivity index (χ1n) is 7.80. The normalized spacial score (nSPS) is 12.4. The average Bonchev–Trinajstić information content (AvgIpc) is 2.48. The van der Waals surface area contributed by atoms with Crippen LogP contribution in [0.3, 0.4) is 0 Å². The number of ketones is 1. The van der Waals surface area contributed by atoms with Gasteiger partial charge in [0, 0.05) is 5.56 Å². The van der Waals surface area contributed by atoms with Gasteiger partial charge in [-0.3, -0.25) is 9.69 Å². The van der Waals surface area contributed by atoms with Crippen molar-refractivity contribution in [3.05, 3.63) is 23.8 Å². The van der Waals surface area contributed by atoms with E-state index in [2.05, 4.69) is 25.7 Å². The number of nitrogens with zero attached hydrogens (tertiary/aromatic N) is 1. The molecule has 0 bridgehead atoms. The van der Waals surface area contributed by atoms with Crippen molar-refractivity contribution in [3.63, 3.8) is 0 Å². The number of carbonyl (C=O) groups excluding carboxylic acids is 1. The zero-order valence-corrected chi connectivity index (χ0v) is 13.7. The molecule has 21 heavy (non-hydrogen) atoms. The molecule has 0 radical (unpaired) electrons. The predicted molar refractivity (Wildman–Crippen MR) is 88.0 cm³/mol. The van der Waals surface area contributed by atoms with Gasteiger partial charge in [-0.2, -0.15) is 0 Å². The van der Waals surface area contributed by atoms with E-state index in [9.17, 15) is 4.79 Å². The number of nitrogens with two attached hydrogens (primary N) is 1. The maximum atomic E-state index is 12.8. The van der Waals surface area contributed by atoms with Crippen molar-refractivity contribution in [2.75, 3.05) is 25.9 Å². The van der Waals surface area contributed by atoms with Gasteiger partial charge in [0.1, 0.15) is 5.75 Å². The summed E-state index contributed by atoms with van der Waals surface area (Å²) < 4.78 is 5.14. The standard InChI is InChI=1S/C17H28N2O2/c1-5-10-19(11-6-2)15(7-3)17(20)13-8-9-16(21-4)14(18)12-13/h8-9,12,15H,5-7,10-11,18H2,1-4H3. The molecule has 1 atom stereocenters. The van der Waals surface area contributed by atoms with Crippen LogP contribution in [0.1, 0.15) is 50.4 Å². The van der Waals surface area contributed by atoms with Gasteiger partial charge in [0.25, 0.3) is 0 Å². The molecule has 0 fully saturated rings. The van der Waals surface area contributed by atoms with Crippen molar-refractivity contribution in [1.82, 2.24) is 4.90 Å². The SMILES string of the molecule is CCCN(CCC)C(CC)C(=O)c1ccc(OC)c(N)c1. The largest absolute Gasteiger partial charge is 0.495 e. The summed E-state index contributed by atoms with van der Waals surface area (Å²) >= 11 is 0. The number of rotatable bonds is 9. The van der Waals surface area contributed by atoms with Crippen molar-refractivity contribution in [2.45, 2.75) is 46.1 Å². The molecule has 0 saturated carbocycles. The molecule has 1 aromatic rings. The second-order valence-electron chi connectivity index (χ2n) is 5.28. The number of hydrogen-bond donors (Lipinski definition) is 1. The third kappa shape index (κ3) is 4.46. The lowest BCUT2D eigenvalue weighted by Crippen LogP contribution is -2.41. The Morgan fingerprint density at radius 2 is 1.86 bits per heavy atom. The number of nitrogen functional groups attached to an aromatic ring is 1. The molecule has 1 rings (SSSR count). The zero-order valence-electron chi connectivity index (χ0n) is 13.7. The van der Waals surface area contributed by atoms with Crippen LogP contribution in [0.5, 0.6) is 5.75 Å². The summed E-state index contributed by atoms with van der Waals surface area (Å²) in [6.07, 6.45) is 2.91. The third-order valence-electron chi connectivity index (χ3n) is 3.67. The highest BCUT2D eigenvalue weighted by atomic mass is 16.5. The van der Waals surface area contributed by atoms with Gasteiger partial charge in [-0.25, -0.2) is 0 Å². The van der Waals surface area contributed by atoms with Crippen LogP contribution in [-0.4, -0.2) is 36.9 Å². The van der Waals surface area contributed by atoms with Crippen molar-refractivity contribution < 1.29 is 9.53 Å². The number of methoxy groups -OCH3 is 1. The highest BCUT2D eigenvalue weighted by Gasteiger charge is 2.24. The molecule has 0 saturated heterocycles. The molecule has 4 nitrogen and oxygen atoms in total. The van der Waals surface area contributed by atoms with Gasteiger partial charge in [0.2, 0.25) is 0 Å². The molecule has 0 heterocycles. The van der Waals surface area contributed by atoms with Crippen LogP contribution in [-0.2, 0) is 0 Å². The minimum Gasteiger partial charge on any atom is -0.495 e. The highest BCUT2D eigenvalue weighted by Crippen LogP contribution is 2.24. The van der Waals surface area contributed by atoms with E-state index in [0.717, 1.165) is 32.4 Å². The van der Waals surface area contributed by atoms with Gasteiger partial charge in [-0.05, 0) is 50.6 Å². The lowest BCUT2D eigenvalue weighted by Gasteiger charge is -2.29. The Kier molecular flexibility index (Phi) is 7.23. The summed E-state index contributed by atoms with van der Waals surface area (Å²) in [6.45, 7) is 8.25. The molecule has 0 aliphatic carbocycles. The van der Waals surface area contributed by atoms with Crippen LogP contribution < -0.4 is 10.5 Å². The fraction of sp³-hybridized carbons (Fsp3) is 0.588. The highest BCUT2D eigenvalue weighted by molar-refractivity contribution is 6.01. The first-order valence-corrected chi connectivity index (χ1v) is 7.80. The molecule has 1 aromatic carbocycles. The Labute approximate surface area is 128 Å². The zero-order chi connectivity index (χ0) is 15.8. The fourth-order valence-corrected chi connectivity index (χ4v) is 2.69. The first-order chi connectivity index (χ1) is 10.1. The summed E-state index contributed by atoms with van der Waals surface area (Å²) in [6, 6.07) is 5.22. The number of Topliss-reactive ketones (excluding diaryl/α,β-unsaturated/α-hetero) is 1. The second-order valence-corrected chi connectivity index (χ2v) is 5.28. The Morgan fingerprint density at radius 1 is 1.24 bits per heavy atom. The minimum absolute atomic E-state index is 0.0716. The summed E-state index contributed by atoms with van der Waals surface area (Å²) in [5.41, 5.74) is 7.09. The Balaban J connectivity index is 2.98. The van der Waals surface area contributed by atoms with E-state index in [1.54, 1.807) is 25.3 Å². The minimum atomic E-state index is -0.0716. The van der Waals surface area contributed by atoms with Gasteiger partial charge >= 0.3 is 0 Å². The van der Waals surface area contributed by atoms with Crippen LogP contribution in [0.25, 0.3) is 0 Å². The van der Waals surface area contributed by atoms with Gasteiger partial charge in [-0.15, -0.1) is 0 Å². The van der Waals surface area contributed by atoms with Gasteiger partial charge in [0.15, 0.2) is 5.78 Å². The van der Waals surface area contributed by atoms with E-state index in [1.165, 1.54) is 0 Å². The van der Waals surface area contributed by atoms with E-state index in [-0.39, 0.29) is 11.8 Å². The predicted octanol–water partition coefficient (Wildman–Crippen LogP) is 3.36.